The fourth-order valence-electron chi connectivity index (χ4n) is 2.94. The molecule has 1 aromatic rings. The molecule has 1 fully saturated rings. The number of hydrogen-bond donors (Lipinski definition) is 1. The lowest BCUT2D eigenvalue weighted by molar-refractivity contribution is -0.126. The van der Waals surface area contributed by atoms with Gasteiger partial charge in [0.25, 0.3) is 0 Å². The first-order valence-corrected chi connectivity index (χ1v) is 10.2. The third kappa shape index (κ3) is 5.93. The van der Waals surface area contributed by atoms with Crippen molar-refractivity contribution in [3.05, 3.63) is 35.9 Å². The zero-order chi connectivity index (χ0) is 18.5. The van der Waals surface area contributed by atoms with Crippen LogP contribution in [0.15, 0.2) is 30.3 Å². The predicted molar refractivity (Wildman–Crippen MR) is 94.8 cm³/mol. The predicted octanol–water partition coefficient (Wildman–Crippen LogP) is 1.45. The first-order chi connectivity index (χ1) is 11.7. The highest BCUT2D eigenvalue weighted by Crippen LogP contribution is 2.25. The van der Waals surface area contributed by atoms with E-state index in [1.165, 1.54) is 0 Å². The van der Waals surface area contributed by atoms with Crippen molar-refractivity contribution in [2.75, 3.05) is 24.7 Å². The van der Waals surface area contributed by atoms with Crippen molar-refractivity contribution in [1.29, 1.82) is 0 Å². The average Bonchev–Trinajstić information content (AvgIpc) is 2.84. The molecule has 6 nitrogen and oxygen atoms in total. The lowest BCUT2D eigenvalue weighted by Crippen LogP contribution is -2.30. The van der Waals surface area contributed by atoms with Gasteiger partial charge in [0.15, 0.2) is 9.84 Å². The summed E-state index contributed by atoms with van der Waals surface area (Å²) < 4.78 is 30.1. The molecule has 2 amide bonds. The molecule has 1 saturated heterocycles. The molecule has 0 saturated carbocycles. The van der Waals surface area contributed by atoms with Gasteiger partial charge in [-0.2, -0.15) is 0 Å². The van der Waals surface area contributed by atoms with Gasteiger partial charge in [-0.1, -0.05) is 44.2 Å². The molecular weight excluding hydrogens is 342 g/mol. The quantitative estimate of drug-likeness (QED) is 0.527. The molecule has 1 atom stereocenters. The van der Waals surface area contributed by atoms with Crippen LogP contribution in [-0.4, -0.2) is 45.0 Å². The van der Waals surface area contributed by atoms with Crippen LogP contribution in [0.4, 0.5) is 0 Å². The Bertz CT molecular complexity index is 712. The number of benzene rings is 1. The number of hydrogen-bond acceptors (Lipinski definition) is 5. The van der Waals surface area contributed by atoms with Crippen molar-refractivity contribution in [2.45, 2.75) is 32.1 Å². The number of carbonyl (C=O) groups is 2. The molecule has 0 aromatic heterocycles. The molecule has 1 aliphatic heterocycles. The van der Waals surface area contributed by atoms with E-state index in [2.05, 4.69) is 5.32 Å². The number of rotatable bonds is 9. The summed E-state index contributed by atoms with van der Waals surface area (Å²) in [4.78, 5) is 22.5. The van der Waals surface area contributed by atoms with Crippen molar-refractivity contribution in [2.24, 2.45) is 5.92 Å². The SMILES string of the molecule is CC(C)(CS(=O)(=O)CCCOCC1CC(=O)NC1=O)c1ccccc1. The van der Waals surface area contributed by atoms with E-state index in [1.54, 1.807) is 0 Å². The van der Waals surface area contributed by atoms with Crippen LogP contribution < -0.4 is 5.32 Å². The molecule has 0 spiro atoms. The highest BCUT2D eigenvalue weighted by Gasteiger charge is 2.30. The van der Waals surface area contributed by atoms with Crippen molar-refractivity contribution in [3.63, 3.8) is 0 Å². The molecule has 1 aromatic carbocycles. The second-order valence-electron chi connectivity index (χ2n) is 7.08. The fourth-order valence-corrected chi connectivity index (χ4v) is 4.91. The maximum absolute atomic E-state index is 12.4. The van der Waals surface area contributed by atoms with E-state index in [-0.39, 0.29) is 43.0 Å². The summed E-state index contributed by atoms with van der Waals surface area (Å²) >= 11 is 0. The van der Waals surface area contributed by atoms with E-state index < -0.39 is 21.2 Å². The summed E-state index contributed by atoms with van der Waals surface area (Å²) in [6.45, 7) is 4.24. The Morgan fingerprint density at radius 3 is 2.48 bits per heavy atom. The summed E-state index contributed by atoms with van der Waals surface area (Å²) in [5, 5.41) is 2.22. The zero-order valence-corrected chi connectivity index (χ0v) is 15.5. The van der Waals surface area contributed by atoms with E-state index in [0.29, 0.717) is 6.42 Å². The summed E-state index contributed by atoms with van der Waals surface area (Å²) in [5.74, 6) is -0.949. The van der Waals surface area contributed by atoms with Gasteiger partial charge >= 0.3 is 0 Å². The first kappa shape index (κ1) is 19.6. The number of amides is 2. The van der Waals surface area contributed by atoms with E-state index in [1.807, 2.05) is 44.2 Å². The van der Waals surface area contributed by atoms with Crippen LogP contribution in [0, 0.1) is 5.92 Å². The molecule has 1 aliphatic rings. The molecule has 0 radical (unpaired) electrons. The van der Waals surface area contributed by atoms with E-state index in [9.17, 15) is 18.0 Å². The Morgan fingerprint density at radius 2 is 1.88 bits per heavy atom. The number of ether oxygens (including phenoxy) is 1. The Hall–Kier alpha value is -1.73. The van der Waals surface area contributed by atoms with E-state index >= 15 is 0 Å². The highest BCUT2D eigenvalue weighted by molar-refractivity contribution is 7.91. The maximum atomic E-state index is 12.4. The summed E-state index contributed by atoms with van der Waals surface area (Å²) in [5.41, 5.74) is 0.537. The maximum Gasteiger partial charge on any atom is 0.232 e. The molecule has 138 valence electrons. The van der Waals surface area contributed by atoms with Gasteiger partial charge in [0.2, 0.25) is 11.8 Å². The molecular formula is C18H25NO5S. The van der Waals surface area contributed by atoms with Crippen molar-refractivity contribution >= 4 is 21.7 Å². The molecule has 7 heteroatoms. The minimum atomic E-state index is -3.22. The Kier molecular flexibility index (Phi) is 6.35. The topological polar surface area (TPSA) is 89.5 Å². The highest BCUT2D eigenvalue weighted by atomic mass is 32.2. The standard InChI is InChI=1S/C18H25NO5S/c1-18(2,15-7-4-3-5-8-15)13-25(22,23)10-6-9-24-12-14-11-16(20)19-17(14)21/h3-5,7-8,14H,6,9-13H2,1-2H3,(H,19,20,21). The lowest BCUT2D eigenvalue weighted by atomic mass is 9.87. The number of imide groups is 1. The molecule has 25 heavy (non-hydrogen) atoms. The average molecular weight is 367 g/mol. The first-order valence-electron chi connectivity index (χ1n) is 8.37. The third-order valence-electron chi connectivity index (χ3n) is 4.26. The van der Waals surface area contributed by atoms with Crippen LogP contribution in [0.2, 0.25) is 0 Å². The molecule has 0 aliphatic carbocycles. The van der Waals surface area contributed by atoms with Crippen LogP contribution in [0.5, 0.6) is 0 Å². The normalized spacial score (nSPS) is 18.4. The van der Waals surface area contributed by atoms with Crippen LogP contribution in [0.3, 0.4) is 0 Å². The zero-order valence-electron chi connectivity index (χ0n) is 14.7. The van der Waals surface area contributed by atoms with E-state index in [0.717, 1.165) is 5.56 Å². The molecule has 1 N–H and O–H groups in total. The number of sulfone groups is 1. The van der Waals surface area contributed by atoms with Gasteiger partial charge in [-0.25, -0.2) is 8.42 Å². The van der Waals surface area contributed by atoms with Crippen LogP contribution in [0.25, 0.3) is 0 Å². The van der Waals surface area contributed by atoms with Gasteiger partial charge in [-0.3, -0.25) is 14.9 Å². The lowest BCUT2D eigenvalue weighted by Gasteiger charge is -2.25. The van der Waals surface area contributed by atoms with Crippen molar-refractivity contribution in [3.8, 4) is 0 Å². The minimum absolute atomic E-state index is 0.0407. The summed E-state index contributed by atoms with van der Waals surface area (Å²) in [6, 6.07) is 9.59. The Morgan fingerprint density at radius 1 is 1.20 bits per heavy atom. The smallest absolute Gasteiger partial charge is 0.232 e. The Balaban J connectivity index is 1.74. The van der Waals surface area contributed by atoms with Crippen LogP contribution in [0.1, 0.15) is 32.3 Å². The number of nitrogens with one attached hydrogen (secondary N) is 1. The van der Waals surface area contributed by atoms with Gasteiger partial charge in [0, 0.05) is 18.4 Å². The van der Waals surface area contributed by atoms with Crippen molar-refractivity contribution < 1.29 is 22.7 Å². The van der Waals surface area contributed by atoms with Gasteiger partial charge in [0.1, 0.15) is 0 Å². The van der Waals surface area contributed by atoms with Crippen molar-refractivity contribution in [1.82, 2.24) is 5.32 Å². The fraction of sp³-hybridized carbons (Fsp3) is 0.556. The van der Waals surface area contributed by atoms with Gasteiger partial charge < -0.3 is 4.74 Å². The summed E-state index contributed by atoms with van der Waals surface area (Å²) in [7, 11) is -3.22. The number of carbonyl (C=O) groups excluding carboxylic acids is 2. The van der Waals surface area contributed by atoms with Crippen LogP contribution in [-0.2, 0) is 29.6 Å². The second kappa shape index (κ2) is 8.10. The monoisotopic (exact) mass is 367 g/mol. The second-order valence-corrected chi connectivity index (χ2v) is 9.27. The van der Waals surface area contributed by atoms with Gasteiger partial charge in [0.05, 0.1) is 24.0 Å². The van der Waals surface area contributed by atoms with Gasteiger partial charge in [-0.05, 0) is 12.0 Å². The van der Waals surface area contributed by atoms with Gasteiger partial charge in [-0.15, -0.1) is 0 Å². The minimum Gasteiger partial charge on any atom is -0.381 e. The Labute approximate surface area is 148 Å². The molecule has 1 heterocycles. The summed E-state index contributed by atoms with van der Waals surface area (Å²) in [6.07, 6.45) is 0.512. The molecule has 1 unspecified atom stereocenters. The van der Waals surface area contributed by atoms with Crippen LogP contribution >= 0.6 is 0 Å². The third-order valence-corrected chi connectivity index (χ3v) is 6.34. The van der Waals surface area contributed by atoms with E-state index in [4.69, 9.17) is 4.74 Å². The largest absolute Gasteiger partial charge is 0.381 e. The molecule has 0 bridgehead atoms. The molecule has 2 rings (SSSR count).